The Hall–Kier alpha value is -2.79. The summed E-state index contributed by atoms with van der Waals surface area (Å²) in [5.74, 6) is 0.746. The van der Waals surface area contributed by atoms with Crippen molar-refractivity contribution < 1.29 is 21.6 Å². The van der Waals surface area contributed by atoms with Crippen LogP contribution < -0.4 is 14.4 Å². The molecule has 0 spiro atoms. The van der Waals surface area contributed by atoms with Crippen molar-refractivity contribution in [3.63, 3.8) is 0 Å². The summed E-state index contributed by atoms with van der Waals surface area (Å²) in [6.45, 7) is 1.70. The van der Waals surface area contributed by atoms with Gasteiger partial charge in [0, 0.05) is 36.9 Å². The first-order chi connectivity index (χ1) is 16.2. The van der Waals surface area contributed by atoms with E-state index in [0.717, 1.165) is 11.4 Å². The molecule has 1 fully saturated rings. The molecular formula is C23H24ClN3O5S2. The molecule has 0 unspecified atom stereocenters. The van der Waals surface area contributed by atoms with Crippen LogP contribution in [0.2, 0.25) is 5.02 Å². The van der Waals surface area contributed by atoms with Gasteiger partial charge in [0.25, 0.3) is 10.0 Å². The summed E-state index contributed by atoms with van der Waals surface area (Å²) in [7, 11) is -5.93. The van der Waals surface area contributed by atoms with Gasteiger partial charge in [-0.05, 0) is 60.7 Å². The average Bonchev–Trinajstić information content (AvgIpc) is 2.84. The minimum absolute atomic E-state index is 0.0570. The van der Waals surface area contributed by atoms with Crippen LogP contribution in [0.5, 0.6) is 5.75 Å². The lowest BCUT2D eigenvalue weighted by Gasteiger charge is -2.35. The second-order valence-corrected chi connectivity index (χ2v) is 11.7. The molecular weight excluding hydrogens is 498 g/mol. The molecule has 0 atom stereocenters. The van der Waals surface area contributed by atoms with E-state index in [1.165, 1.54) is 52.8 Å². The summed E-state index contributed by atoms with van der Waals surface area (Å²) >= 11 is 5.81. The lowest BCUT2D eigenvalue weighted by Crippen LogP contribution is -2.48. The van der Waals surface area contributed by atoms with E-state index in [1.807, 2.05) is 24.3 Å². The maximum atomic E-state index is 13.1. The second-order valence-electron chi connectivity index (χ2n) is 7.65. The zero-order valence-electron chi connectivity index (χ0n) is 18.4. The maximum Gasteiger partial charge on any atom is 0.261 e. The van der Waals surface area contributed by atoms with Crippen molar-refractivity contribution in [1.82, 2.24) is 4.31 Å². The van der Waals surface area contributed by atoms with E-state index < -0.39 is 20.0 Å². The predicted octanol–water partition coefficient (Wildman–Crippen LogP) is 3.66. The molecule has 0 aliphatic carbocycles. The number of halogens is 1. The molecule has 1 aliphatic rings. The van der Waals surface area contributed by atoms with E-state index in [0.29, 0.717) is 31.2 Å². The minimum atomic E-state index is -3.82. The second kappa shape index (κ2) is 9.83. The van der Waals surface area contributed by atoms with Crippen LogP contribution in [0.3, 0.4) is 0 Å². The molecule has 0 bridgehead atoms. The molecule has 0 aromatic heterocycles. The summed E-state index contributed by atoms with van der Waals surface area (Å²) in [6, 6.07) is 19.1. The molecule has 3 aromatic carbocycles. The highest BCUT2D eigenvalue weighted by molar-refractivity contribution is 7.92. The minimum Gasteiger partial charge on any atom is -0.495 e. The highest BCUT2D eigenvalue weighted by atomic mass is 35.5. The van der Waals surface area contributed by atoms with E-state index in [9.17, 15) is 16.8 Å². The van der Waals surface area contributed by atoms with E-state index in [2.05, 4.69) is 9.62 Å². The Morgan fingerprint density at radius 1 is 0.794 bits per heavy atom. The number of sulfonamides is 2. The topological polar surface area (TPSA) is 96.0 Å². The average molecular weight is 522 g/mol. The number of nitrogens with zero attached hydrogens (tertiary/aromatic N) is 2. The Morgan fingerprint density at radius 2 is 1.38 bits per heavy atom. The van der Waals surface area contributed by atoms with Crippen LogP contribution in [-0.2, 0) is 20.0 Å². The molecule has 0 radical (unpaired) electrons. The van der Waals surface area contributed by atoms with Crippen molar-refractivity contribution in [2.75, 3.05) is 42.9 Å². The van der Waals surface area contributed by atoms with Gasteiger partial charge in [0.15, 0.2) is 0 Å². The Balaban J connectivity index is 1.44. The lowest BCUT2D eigenvalue weighted by atomic mass is 10.2. The van der Waals surface area contributed by atoms with Crippen molar-refractivity contribution in [1.29, 1.82) is 0 Å². The normalized spacial score (nSPS) is 15.2. The molecule has 1 aliphatic heterocycles. The third-order valence-electron chi connectivity index (χ3n) is 5.53. The van der Waals surface area contributed by atoms with E-state index in [4.69, 9.17) is 16.3 Å². The van der Waals surface area contributed by atoms with Crippen molar-refractivity contribution >= 4 is 43.0 Å². The SMILES string of the molecule is COc1ccccc1N1CCN(S(=O)(=O)c2ccc(NS(=O)(=O)c3ccc(Cl)cc3)cc2)CC1. The Morgan fingerprint density at radius 3 is 2.00 bits per heavy atom. The first-order valence-corrected chi connectivity index (χ1v) is 13.8. The molecule has 11 heteroatoms. The summed E-state index contributed by atoms with van der Waals surface area (Å²) in [6.07, 6.45) is 0. The summed E-state index contributed by atoms with van der Waals surface area (Å²) in [5.41, 5.74) is 1.19. The molecule has 1 N–H and O–H groups in total. The fraction of sp³-hybridized carbons (Fsp3) is 0.217. The standard InChI is InChI=1S/C23H24ClN3O5S2/c1-32-23-5-3-2-4-22(23)26-14-16-27(17-15-26)34(30,31)21-12-8-19(9-13-21)25-33(28,29)20-10-6-18(24)7-11-20/h2-13,25H,14-17H2,1H3. The van der Waals surface area contributed by atoms with Gasteiger partial charge in [-0.3, -0.25) is 4.72 Å². The van der Waals surface area contributed by atoms with Crippen molar-refractivity contribution in [2.45, 2.75) is 9.79 Å². The third kappa shape index (κ3) is 5.15. The van der Waals surface area contributed by atoms with Gasteiger partial charge < -0.3 is 9.64 Å². The fourth-order valence-corrected chi connectivity index (χ4v) is 6.34. The highest BCUT2D eigenvalue weighted by Gasteiger charge is 2.29. The number of benzene rings is 3. The van der Waals surface area contributed by atoms with Gasteiger partial charge >= 0.3 is 0 Å². The van der Waals surface area contributed by atoms with Gasteiger partial charge in [-0.2, -0.15) is 4.31 Å². The fourth-order valence-electron chi connectivity index (χ4n) is 3.73. The quantitative estimate of drug-likeness (QED) is 0.510. The monoisotopic (exact) mass is 521 g/mol. The van der Waals surface area contributed by atoms with Crippen molar-refractivity contribution in [3.05, 3.63) is 77.8 Å². The van der Waals surface area contributed by atoms with E-state index >= 15 is 0 Å². The van der Waals surface area contributed by atoms with Gasteiger partial charge in [0.1, 0.15) is 5.75 Å². The van der Waals surface area contributed by atoms with Crippen LogP contribution in [0.1, 0.15) is 0 Å². The summed E-state index contributed by atoms with van der Waals surface area (Å²) in [5, 5.41) is 0.428. The molecule has 1 saturated heterocycles. The number of anilines is 2. The molecule has 34 heavy (non-hydrogen) atoms. The highest BCUT2D eigenvalue weighted by Crippen LogP contribution is 2.29. The molecule has 0 amide bonds. The van der Waals surface area contributed by atoms with Crippen LogP contribution in [0.15, 0.2) is 82.6 Å². The zero-order valence-corrected chi connectivity index (χ0v) is 20.8. The number of hydrogen-bond donors (Lipinski definition) is 1. The number of ether oxygens (including phenoxy) is 1. The summed E-state index contributed by atoms with van der Waals surface area (Å²) in [4.78, 5) is 2.26. The van der Waals surface area contributed by atoms with Crippen LogP contribution >= 0.6 is 11.6 Å². The largest absolute Gasteiger partial charge is 0.495 e. The van der Waals surface area contributed by atoms with E-state index in [-0.39, 0.29) is 15.5 Å². The van der Waals surface area contributed by atoms with Crippen LogP contribution in [0.25, 0.3) is 0 Å². The molecule has 4 rings (SSSR count). The molecule has 180 valence electrons. The van der Waals surface area contributed by atoms with Gasteiger partial charge in [0.2, 0.25) is 10.0 Å². The molecule has 0 saturated carbocycles. The lowest BCUT2D eigenvalue weighted by molar-refractivity contribution is 0.378. The number of nitrogens with one attached hydrogen (secondary N) is 1. The Labute approximate surface area is 204 Å². The number of hydrogen-bond acceptors (Lipinski definition) is 6. The maximum absolute atomic E-state index is 13.1. The third-order valence-corrected chi connectivity index (χ3v) is 9.09. The molecule has 3 aromatic rings. The summed E-state index contributed by atoms with van der Waals surface area (Å²) < 4.78 is 60.7. The number of piperazine rings is 1. The smallest absolute Gasteiger partial charge is 0.261 e. The van der Waals surface area contributed by atoms with E-state index in [1.54, 1.807) is 7.11 Å². The van der Waals surface area contributed by atoms with Gasteiger partial charge in [0.05, 0.1) is 22.6 Å². The van der Waals surface area contributed by atoms with Crippen molar-refractivity contribution in [2.24, 2.45) is 0 Å². The molecule has 8 nitrogen and oxygen atoms in total. The Bertz CT molecular complexity index is 1350. The predicted molar refractivity (Wildman–Crippen MR) is 133 cm³/mol. The number of methoxy groups -OCH3 is 1. The van der Waals surface area contributed by atoms with Gasteiger partial charge in [-0.1, -0.05) is 23.7 Å². The number of para-hydroxylation sites is 2. The zero-order chi connectivity index (χ0) is 24.3. The van der Waals surface area contributed by atoms with Crippen molar-refractivity contribution in [3.8, 4) is 5.75 Å². The number of rotatable bonds is 7. The van der Waals surface area contributed by atoms with Crippen LogP contribution in [-0.4, -0.2) is 54.4 Å². The molecule has 1 heterocycles. The Kier molecular flexibility index (Phi) is 7.04. The van der Waals surface area contributed by atoms with Gasteiger partial charge in [-0.25, -0.2) is 16.8 Å². The van der Waals surface area contributed by atoms with Crippen LogP contribution in [0.4, 0.5) is 11.4 Å². The first-order valence-electron chi connectivity index (χ1n) is 10.5. The van der Waals surface area contributed by atoms with Gasteiger partial charge in [-0.15, -0.1) is 0 Å². The van der Waals surface area contributed by atoms with Crippen LogP contribution in [0, 0.1) is 0 Å². The first kappa shape index (κ1) is 24.3.